The van der Waals surface area contributed by atoms with Gasteiger partial charge in [-0.1, -0.05) is 12.1 Å². The number of ether oxygens (including phenoxy) is 2. The molecule has 1 unspecified atom stereocenters. The third-order valence-electron chi connectivity index (χ3n) is 5.29. The lowest BCUT2D eigenvalue weighted by Crippen LogP contribution is -2.24. The third-order valence-corrected chi connectivity index (χ3v) is 5.29. The van der Waals surface area contributed by atoms with E-state index >= 15 is 0 Å². The Morgan fingerprint density at radius 1 is 1.00 bits per heavy atom. The molecule has 1 atom stereocenters. The molecular weight excluding hydrogens is 409 g/mol. The molecule has 0 bridgehead atoms. The van der Waals surface area contributed by atoms with Crippen molar-refractivity contribution in [1.82, 2.24) is 14.1 Å². The summed E-state index contributed by atoms with van der Waals surface area (Å²) < 4.78 is 28.3. The molecule has 7 heteroatoms. The van der Waals surface area contributed by atoms with Crippen LogP contribution in [-0.4, -0.2) is 21.2 Å². The maximum Gasteiger partial charge on any atom is 0.294 e. The first-order valence-corrected chi connectivity index (χ1v) is 10.2. The van der Waals surface area contributed by atoms with E-state index in [-0.39, 0.29) is 23.2 Å². The molecule has 0 spiro atoms. The van der Waals surface area contributed by atoms with E-state index in [1.54, 1.807) is 54.5 Å². The summed E-state index contributed by atoms with van der Waals surface area (Å²) in [7, 11) is 1.58. The van der Waals surface area contributed by atoms with Crippen molar-refractivity contribution in [2.24, 2.45) is 0 Å². The third kappa shape index (κ3) is 4.27. The number of rotatable bonds is 6. The molecule has 2 aromatic carbocycles. The van der Waals surface area contributed by atoms with Crippen LogP contribution in [0.15, 0.2) is 72.0 Å². The summed E-state index contributed by atoms with van der Waals surface area (Å²) in [5.41, 5.74) is 3.12. The van der Waals surface area contributed by atoms with Gasteiger partial charge in [-0.2, -0.15) is 0 Å². The highest BCUT2D eigenvalue weighted by Crippen LogP contribution is 2.30. The molecular formula is C25H24FN3O3. The average Bonchev–Trinajstić information content (AvgIpc) is 3.22. The van der Waals surface area contributed by atoms with Gasteiger partial charge in [0.2, 0.25) is 0 Å². The number of hydrogen-bond donors (Lipinski definition) is 0. The SMILES string of the molecule is COc1cc(Oc2cc(C)cn(C(C)c3ccc(F)cc3)c2=O)ccc1-n1cnc(C)c1. The fourth-order valence-corrected chi connectivity index (χ4v) is 3.59. The van der Waals surface area contributed by atoms with Crippen molar-refractivity contribution in [2.45, 2.75) is 26.8 Å². The van der Waals surface area contributed by atoms with E-state index in [1.165, 1.54) is 12.1 Å². The molecule has 4 rings (SSSR count). The van der Waals surface area contributed by atoms with Crippen LogP contribution in [0.2, 0.25) is 0 Å². The minimum atomic E-state index is -0.315. The Hall–Kier alpha value is -3.87. The number of pyridine rings is 1. The lowest BCUT2D eigenvalue weighted by Gasteiger charge is -2.18. The standard InChI is InChI=1S/C25H24FN3O3/c1-16-11-24(25(30)29(13-16)18(3)19-5-7-20(26)8-6-19)32-21-9-10-22(23(12-21)31-4)28-14-17(2)27-15-28/h5-15,18H,1-4H3. The van der Waals surface area contributed by atoms with Gasteiger partial charge in [-0.3, -0.25) is 4.79 Å². The van der Waals surface area contributed by atoms with Gasteiger partial charge in [-0.15, -0.1) is 0 Å². The van der Waals surface area contributed by atoms with E-state index < -0.39 is 0 Å². The van der Waals surface area contributed by atoms with Crippen LogP contribution in [0.4, 0.5) is 4.39 Å². The zero-order chi connectivity index (χ0) is 22.8. The highest BCUT2D eigenvalue weighted by atomic mass is 19.1. The first kappa shape index (κ1) is 21.4. The second kappa shape index (κ2) is 8.70. The zero-order valence-corrected chi connectivity index (χ0v) is 18.4. The van der Waals surface area contributed by atoms with Crippen molar-refractivity contribution in [3.8, 4) is 22.9 Å². The number of imidazole rings is 1. The molecule has 0 saturated carbocycles. The van der Waals surface area contributed by atoms with Crippen LogP contribution in [0, 0.1) is 19.7 Å². The zero-order valence-electron chi connectivity index (χ0n) is 18.4. The predicted octanol–water partition coefficient (Wildman–Crippen LogP) is 5.20. The normalized spacial score (nSPS) is 11.9. The summed E-state index contributed by atoms with van der Waals surface area (Å²) in [6.45, 7) is 5.70. The van der Waals surface area contributed by atoms with Gasteiger partial charge >= 0.3 is 0 Å². The van der Waals surface area contributed by atoms with E-state index in [0.29, 0.717) is 11.5 Å². The van der Waals surface area contributed by atoms with Crippen LogP contribution in [0.3, 0.4) is 0 Å². The minimum absolute atomic E-state index is 0.201. The Labute approximate surface area is 185 Å². The van der Waals surface area contributed by atoms with Gasteiger partial charge in [0.15, 0.2) is 5.75 Å². The highest BCUT2D eigenvalue weighted by Gasteiger charge is 2.15. The molecule has 6 nitrogen and oxygen atoms in total. The quantitative estimate of drug-likeness (QED) is 0.419. The fraction of sp³-hybridized carbons (Fsp3) is 0.200. The molecule has 2 aromatic heterocycles. The van der Waals surface area contributed by atoms with Gasteiger partial charge in [0.05, 0.1) is 30.9 Å². The van der Waals surface area contributed by atoms with Gasteiger partial charge in [0.1, 0.15) is 17.3 Å². The summed E-state index contributed by atoms with van der Waals surface area (Å²) >= 11 is 0. The van der Waals surface area contributed by atoms with Crippen molar-refractivity contribution in [1.29, 1.82) is 0 Å². The van der Waals surface area contributed by atoms with Gasteiger partial charge in [0.25, 0.3) is 5.56 Å². The maximum atomic E-state index is 13.3. The van der Waals surface area contributed by atoms with Crippen molar-refractivity contribution in [3.63, 3.8) is 0 Å². The Morgan fingerprint density at radius 2 is 1.75 bits per heavy atom. The van der Waals surface area contributed by atoms with E-state index in [9.17, 15) is 9.18 Å². The van der Waals surface area contributed by atoms with Crippen LogP contribution in [0.1, 0.15) is 29.8 Å². The molecule has 0 aliphatic carbocycles. The van der Waals surface area contributed by atoms with Gasteiger partial charge < -0.3 is 18.6 Å². The Balaban J connectivity index is 1.67. The van der Waals surface area contributed by atoms with Crippen LogP contribution in [-0.2, 0) is 0 Å². The molecule has 0 aliphatic rings. The van der Waals surface area contributed by atoms with E-state index in [4.69, 9.17) is 9.47 Å². The average molecular weight is 433 g/mol. The summed E-state index contributed by atoms with van der Waals surface area (Å²) in [4.78, 5) is 17.4. The highest BCUT2D eigenvalue weighted by molar-refractivity contribution is 5.52. The number of benzene rings is 2. The summed E-state index contributed by atoms with van der Waals surface area (Å²) in [5.74, 6) is 0.954. The van der Waals surface area contributed by atoms with E-state index in [2.05, 4.69) is 4.98 Å². The number of methoxy groups -OCH3 is 1. The maximum absolute atomic E-state index is 13.3. The number of aryl methyl sites for hydroxylation is 2. The van der Waals surface area contributed by atoms with Crippen LogP contribution in [0.25, 0.3) is 5.69 Å². The second-order valence-electron chi connectivity index (χ2n) is 7.68. The second-order valence-corrected chi connectivity index (χ2v) is 7.68. The van der Waals surface area contributed by atoms with Crippen LogP contribution >= 0.6 is 0 Å². The predicted molar refractivity (Wildman–Crippen MR) is 121 cm³/mol. The molecule has 0 radical (unpaired) electrons. The lowest BCUT2D eigenvalue weighted by molar-refractivity contribution is 0.405. The van der Waals surface area contributed by atoms with E-state index in [0.717, 1.165) is 22.5 Å². The molecule has 2 heterocycles. The molecule has 0 N–H and O–H groups in total. The minimum Gasteiger partial charge on any atom is -0.494 e. The Kier molecular flexibility index (Phi) is 5.81. The van der Waals surface area contributed by atoms with Crippen molar-refractivity contribution in [2.75, 3.05) is 7.11 Å². The first-order valence-electron chi connectivity index (χ1n) is 10.2. The molecule has 32 heavy (non-hydrogen) atoms. The van der Waals surface area contributed by atoms with Gasteiger partial charge in [-0.05, 0) is 62.2 Å². The topological polar surface area (TPSA) is 58.3 Å². The summed E-state index contributed by atoms with van der Waals surface area (Å²) in [6.07, 6.45) is 5.38. The molecule has 164 valence electrons. The van der Waals surface area contributed by atoms with Crippen molar-refractivity contribution >= 4 is 0 Å². The molecule has 0 saturated heterocycles. The van der Waals surface area contributed by atoms with Gasteiger partial charge in [-0.25, -0.2) is 9.37 Å². The Bertz CT molecular complexity index is 1310. The van der Waals surface area contributed by atoms with Crippen molar-refractivity contribution < 1.29 is 13.9 Å². The largest absolute Gasteiger partial charge is 0.494 e. The smallest absolute Gasteiger partial charge is 0.294 e. The number of nitrogens with zero attached hydrogens (tertiary/aromatic N) is 3. The molecule has 0 fully saturated rings. The molecule has 0 amide bonds. The summed E-state index contributed by atoms with van der Waals surface area (Å²) in [6, 6.07) is 12.9. The van der Waals surface area contributed by atoms with Crippen LogP contribution < -0.4 is 15.0 Å². The van der Waals surface area contributed by atoms with Gasteiger partial charge in [0, 0.05) is 18.5 Å². The van der Waals surface area contributed by atoms with Crippen LogP contribution in [0.5, 0.6) is 17.2 Å². The lowest BCUT2D eigenvalue weighted by atomic mass is 10.1. The van der Waals surface area contributed by atoms with Crippen molar-refractivity contribution in [3.05, 3.63) is 100 Å². The summed E-state index contributed by atoms with van der Waals surface area (Å²) in [5, 5.41) is 0. The fourth-order valence-electron chi connectivity index (χ4n) is 3.59. The molecule has 0 aliphatic heterocycles. The molecule has 4 aromatic rings. The monoisotopic (exact) mass is 433 g/mol. The number of aromatic nitrogens is 3. The first-order chi connectivity index (χ1) is 15.4. The van der Waals surface area contributed by atoms with E-state index in [1.807, 2.05) is 37.6 Å². The number of hydrogen-bond acceptors (Lipinski definition) is 4. The Morgan fingerprint density at radius 3 is 2.41 bits per heavy atom. The number of halogens is 1.